The molecule has 2 aromatic rings. The molecule has 2 atom stereocenters. The highest BCUT2D eigenvalue weighted by molar-refractivity contribution is 8.15. The van der Waals surface area contributed by atoms with Crippen molar-refractivity contribution in [3.8, 4) is 5.75 Å². The summed E-state index contributed by atoms with van der Waals surface area (Å²) in [6, 6.07) is 6.61. The van der Waals surface area contributed by atoms with Crippen LogP contribution < -0.4 is 10.5 Å². The quantitative estimate of drug-likeness (QED) is 0.774. The molecule has 2 aliphatic rings. The van der Waals surface area contributed by atoms with Crippen molar-refractivity contribution in [2.75, 3.05) is 27.2 Å². The van der Waals surface area contributed by atoms with E-state index in [-0.39, 0.29) is 29.7 Å². The zero-order valence-electron chi connectivity index (χ0n) is 16.9. The maximum atomic E-state index is 14.6. The first-order chi connectivity index (χ1) is 14.8. The number of hydrogen-bond donors (Lipinski definition) is 1. The number of ether oxygens (including phenoxy) is 1. The summed E-state index contributed by atoms with van der Waals surface area (Å²) in [6.45, 7) is 0.489. The van der Waals surface area contributed by atoms with Gasteiger partial charge in [0, 0.05) is 31.1 Å². The first-order valence-electron chi connectivity index (χ1n) is 9.65. The van der Waals surface area contributed by atoms with Gasteiger partial charge < -0.3 is 15.4 Å². The SMILES string of the molecule is CN(C)C(=O)N1N=C(c2cc(F)ccc2F)S[C@]12c1cc(F)ccc1OC[C@@H]2CCN. The van der Waals surface area contributed by atoms with E-state index in [1.807, 2.05) is 0 Å². The minimum atomic E-state index is -1.23. The second-order valence-electron chi connectivity index (χ2n) is 7.54. The summed E-state index contributed by atoms with van der Waals surface area (Å²) in [7, 11) is 3.11. The Kier molecular flexibility index (Phi) is 5.61. The summed E-state index contributed by atoms with van der Waals surface area (Å²) in [5, 5.41) is 5.75. The average Bonchev–Trinajstić information content (AvgIpc) is 3.12. The smallest absolute Gasteiger partial charge is 0.341 e. The van der Waals surface area contributed by atoms with Gasteiger partial charge in [0.05, 0.1) is 6.61 Å². The molecule has 4 rings (SSSR count). The molecule has 0 saturated carbocycles. The normalized spacial score (nSPS) is 22.2. The summed E-state index contributed by atoms with van der Waals surface area (Å²) in [5.74, 6) is -1.81. The lowest BCUT2D eigenvalue weighted by atomic mass is 9.86. The number of urea groups is 1. The molecular weight excluding hydrogens is 429 g/mol. The second-order valence-corrected chi connectivity index (χ2v) is 8.76. The van der Waals surface area contributed by atoms with Crippen LogP contribution in [0.3, 0.4) is 0 Å². The Morgan fingerprint density at radius 3 is 2.68 bits per heavy atom. The van der Waals surface area contributed by atoms with E-state index in [2.05, 4.69) is 5.10 Å². The lowest BCUT2D eigenvalue weighted by molar-refractivity contribution is 0.0673. The van der Waals surface area contributed by atoms with Crippen LogP contribution in [0, 0.1) is 23.4 Å². The Balaban J connectivity index is 1.94. The van der Waals surface area contributed by atoms with Crippen LogP contribution in [0.15, 0.2) is 41.5 Å². The Morgan fingerprint density at radius 1 is 1.26 bits per heavy atom. The van der Waals surface area contributed by atoms with Gasteiger partial charge in [0.2, 0.25) is 0 Å². The standard InChI is InChI=1S/C21H21F3N4O2S/c1-27(2)20(29)28-21(31-19(26-28)15-9-13(22)3-5-17(15)24)12(7-8-25)11-30-18-6-4-14(23)10-16(18)21/h3-6,9-10,12H,7-8,11,25H2,1-2H3/t12-,21+/m0/s1. The molecule has 0 bridgehead atoms. The monoisotopic (exact) mass is 450 g/mol. The van der Waals surface area contributed by atoms with Gasteiger partial charge in [0.1, 0.15) is 28.2 Å². The number of fused-ring (bicyclic) bond motifs is 2. The van der Waals surface area contributed by atoms with Crippen LogP contribution in [0.25, 0.3) is 0 Å². The number of nitrogens with two attached hydrogens (primary N) is 1. The summed E-state index contributed by atoms with van der Waals surface area (Å²) < 4.78 is 48.6. The minimum absolute atomic E-state index is 0.0747. The molecule has 1 spiro atoms. The molecule has 0 aliphatic carbocycles. The highest BCUT2D eigenvalue weighted by Crippen LogP contribution is 2.57. The van der Waals surface area contributed by atoms with Gasteiger partial charge in [-0.05, 0) is 49.4 Å². The second kappa shape index (κ2) is 8.08. The van der Waals surface area contributed by atoms with Crippen LogP contribution in [0.1, 0.15) is 17.5 Å². The average molecular weight is 450 g/mol. The summed E-state index contributed by atoms with van der Waals surface area (Å²) >= 11 is 1.08. The van der Waals surface area contributed by atoms with E-state index < -0.39 is 28.4 Å². The van der Waals surface area contributed by atoms with E-state index in [0.717, 1.165) is 30.0 Å². The van der Waals surface area contributed by atoms with E-state index in [1.54, 1.807) is 14.1 Å². The number of amides is 2. The maximum Gasteiger partial charge on any atom is 0.341 e. The fourth-order valence-electron chi connectivity index (χ4n) is 3.86. The lowest BCUT2D eigenvalue weighted by Crippen LogP contribution is -2.53. The van der Waals surface area contributed by atoms with Crippen LogP contribution in [-0.4, -0.2) is 48.2 Å². The van der Waals surface area contributed by atoms with Crippen LogP contribution in [0.2, 0.25) is 0 Å². The molecule has 2 aliphatic heterocycles. The molecule has 2 amide bonds. The molecule has 2 heterocycles. The molecule has 2 aromatic carbocycles. The van der Waals surface area contributed by atoms with Gasteiger partial charge >= 0.3 is 6.03 Å². The number of rotatable bonds is 3. The van der Waals surface area contributed by atoms with Crippen molar-refractivity contribution in [1.82, 2.24) is 9.91 Å². The molecule has 10 heteroatoms. The van der Waals surface area contributed by atoms with Crippen molar-refractivity contribution in [3.05, 3.63) is 65.0 Å². The third kappa shape index (κ3) is 3.53. The van der Waals surface area contributed by atoms with E-state index in [1.165, 1.54) is 28.1 Å². The maximum absolute atomic E-state index is 14.6. The van der Waals surface area contributed by atoms with Gasteiger partial charge in [-0.2, -0.15) is 10.1 Å². The van der Waals surface area contributed by atoms with Crippen molar-refractivity contribution in [3.63, 3.8) is 0 Å². The van der Waals surface area contributed by atoms with E-state index >= 15 is 0 Å². The molecule has 164 valence electrons. The van der Waals surface area contributed by atoms with E-state index in [0.29, 0.717) is 17.7 Å². The van der Waals surface area contributed by atoms with Gasteiger partial charge in [-0.1, -0.05) is 11.8 Å². The van der Waals surface area contributed by atoms with Crippen LogP contribution in [0.4, 0.5) is 18.0 Å². The predicted molar refractivity (Wildman–Crippen MR) is 112 cm³/mol. The zero-order chi connectivity index (χ0) is 22.3. The van der Waals surface area contributed by atoms with E-state index in [4.69, 9.17) is 10.5 Å². The van der Waals surface area contributed by atoms with Crippen molar-refractivity contribution in [2.45, 2.75) is 11.3 Å². The van der Waals surface area contributed by atoms with Gasteiger partial charge in [-0.15, -0.1) is 0 Å². The van der Waals surface area contributed by atoms with Crippen molar-refractivity contribution >= 4 is 22.8 Å². The first kappa shape index (κ1) is 21.5. The largest absolute Gasteiger partial charge is 0.493 e. The third-order valence-corrected chi connectivity index (χ3v) is 6.85. The Labute approximate surface area is 181 Å². The number of carbonyl (C=O) groups excluding carboxylic acids is 1. The van der Waals surface area contributed by atoms with Gasteiger partial charge in [0.25, 0.3) is 0 Å². The minimum Gasteiger partial charge on any atom is -0.493 e. The predicted octanol–water partition coefficient (Wildman–Crippen LogP) is 3.71. The van der Waals surface area contributed by atoms with Gasteiger partial charge in [-0.3, -0.25) is 0 Å². The number of benzene rings is 2. The molecule has 0 saturated heterocycles. The third-order valence-electron chi connectivity index (χ3n) is 5.32. The van der Waals surface area contributed by atoms with Crippen LogP contribution in [0.5, 0.6) is 5.75 Å². The molecule has 6 nitrogen and oxygen atoms in total. The van der Waals surface area contributed by atoms with Crippen molar-refractivity contribution in [2.24, 2.45) is 16.8 Å². The lowest BCUT2D eigenvalue weighted by Gasteiger charge is -2.45. The molecular formula is C21H21F3N4O2S. The molecule has 0 aromatic heterocycles. The van der Waals surface area contributed by atoms with Crippen molar-refractivity contribution in [1.29, 1.82) is 0 Å². The Hall–Kier alpha value is -2.72. The molecule has 0 fully saturated rings. The summed E-state index contributed by atoms with van der Waals surface area (Å²) in [5.41, 5.74) is 6.15. The summed E-state index contributed by atoms with van der Waals surface area (Å²) in [6.07, 6.45) is 0.439. The number of hydrazone groups is 1. The molecule has 0 unspecified atom stereocenters. The topological polar surface area (TPSA) is 71.2 Å². The highest BCUT2D eigenvalue weighted by Gasteiger charge is 2.57. The van der Waals surface area contributed by atoms with Crippen LogP contribution >= 0.6 is 11.8 Å². The Bertz CT molecular complexity index is 1060. The van der Waals surface area contributed by atoms with E-state index in [9.17, 15) is 18.0 Å². The first-order valence-corrected chi connectivity index (χ1v) is 10.5. The number of nitrogens with zero attached hydrogens (tertiary/aromatic N) is 3. The molecule has 2 N–H and O–H groups in total. The Morgan fingerprint density at radius 2 is 1.97 bits per heavy atom. The number of carbonyl (C=O) groups is 1. The number of hydrogen-bond acceptors (Lipinski definition) is 5. The highest BCUT2D eigenvalue weighted by atomic mass is 32.2. The fourth-order valence-corrected chi connectivity index (χ4v) is 5.37. The van der Waals surface area contributed by atoms with Gasteiger partial charge in [0.15, 0.2) is 4.87 Å². The summed E-state index contributed by atoms with van der Waals surface area (Å²) in [4.78, 5) is 13.3. The molecule has 31 heavy (non-hydrogen) atoms. The van der Waals surface area contributed by atoms with Crippen LogP contribution in [-0.2, 0) is 4.87 Å². The fraction of sp³-hybridized carbons (Fsp3) is 0.333. The molecule has 0 radical (unpaired) electrons. The van der Waals surface area contributed by atoms with Gasteiger partial charge in [-0.25, -0.2) is 18.0 Å². The van der Waals surface area contributed by atoms with Crippen molar-refractivity contribution < 1.29 is 22.7 Å². The number of halogens is 3. The number of thioether (sulfide) groups is 1. The zero-order valence-corrected chi connectivity index (χ0v) is 17.8.